The van der Waals surface area contributed by atoms with E-state index < -0.39 is 0 Å². The Hall–Kier alpha value is -3.55. The van der Waals surface area contributed by atoms with Crippen molar-refractivity contribution in [1.29, 1.82) is 0 Å². The SMILES string of the molecule is CCOc1ccc(C(=O)N2CC(n3cc(COc4ccccc4)nn3)C2)cc1OCC. The van der Waals surface area contributed by atoms with Crippen molar-refractivity contribution < 1.29 is 19.0 Å². The summed E-state index contributed by atoms with van der Waals surface area (Å²) in [6.45, 7) is 6.38. The van der Waals surface area contributed by atoms with E-state index in [2.05, 4.69) is 10.3 Å². The average Bonchev–Trinajstić information content (AvgIpc) is 3.22. The molecule has 8 nitrogen and oxygen atoms in total. The molecule has 0 unspecified atom stereocenters. The van der Waals surface area contributed by atoms with Gasteiger partial charge in [-0.25, -0.2) is 4.68 Å². The summed E-state index contributed by atoms with van der Waals surface area (Å²) >= 11 is 0. The number of rotatable bonds is 9. The summed E-state index contributed by atoms with van der Waals surface area (Å²) in [5, 5.41) is 8.38. The quantitative estimate of drug-likeness (QED) is 0.526. The van der Waals surface area contributed by atoms with Crippen LogP contribution in [0.25, 0.3) is 0 Å². The fraction of sp³-hybridized carbons (Fsp3) is 0.348. The fourth-order valence-corrected chi connectivity index (χ4v) is 3.39. The molecule has 1 aliphatic rings. The van der Waals surface area contributed by atoms with Crippen LogP contribution in [-0.4, -0.2) is 52.1 Å². The number of benzene rings is 2. The molecule has 0 spiro atoms. The highest BCUT2D eigenvalue weighted by Gasteiger charge is 2.33. The normalized spacial score (nSPS) is 13.5. The highest BCUT2D eigenvalue weighted by molar-refractivity contribution is 5.95. The monoisotopic (exact) mass is 422 g/mol. The second-order valence-electron chi connectivity index (χ2n) is 7.18. The summed E-state index contributed by atoms with van der Waals surface area (Å²) in [6.07, 6.45) is 1.87. The Balaban J connectivity index is 1.33. The van der Waals surface area contributed by atoms with Crippen molar-refractivity contribution in [3.05, 3.63) is 66.0 Å². The molecule has 2 aromatic carbocycles. The predicted octanol–water partition coefficient (Wildman–Crippen LogP) is 3.35. The molecule has 162 valence electrons. The predicted molar refractivity (Wildman–Crippen MR) is 115 cm³/mol. The molecule has 3 aromatic rings. The maximum Gasteiger partial charge on any atom is 0.254 e. The van der Waals surface area contributed by atoms with Crippen LogP contribution in [0.5, 0.6) is 17.2 Å². The average molecular weight is 422 g/mol. The van der Waals surface area contributed by atoms with Crippen LogP contribution in [0.3, 0.4) is 0 Å². The van der Waals surface area contributed by atoms with E-state index in [9.17, 15) is 4.79 Å². The van der Waals surface area contributed by atoms with E-state index in [0.29, 0.717) is 50.0 Å². The number of carbonyl (C=O) groups excluding carboxylic acids is 1. The molecule has 0 saturated carbocycles. The summed E-state index contributed by atoms with van der Waals surface area (Å²) in [6, 6.07) is 15.0. The van der Waals surface area contributed by atoms with Crippen LogP contribution >= 0.6 is 0 Å². The second-order valence-corrected chi connectivity index (χ2v) is 7.18. The fourth-order valence-electron chi connectivity index (χ4n) is 3.39. The Labute approximate surface area is 181 Å². The van der Waals surface area contributed by atoms with Crippen molar-refractivity contribution in [2.24, 2.45) is 0 Å². The van der Waals surface area contributed by atoms with Gasteiger partial charge in [-0.05, 0) is 44.2 Å². The largest absolute Gasteiger partial charge is 0.490 e. The van der Waals surface area contributed by atoms with Gasteiger partial charge in [0.25, 0.3) is 5.91 Å². The molecule has 0 bridgehead atoms. The van der Waals surface area contributed by atoms with Crippen LogP contribution in [0.4, 0.5) is 0 Å². The highest BCUT2D eigenvalue weighted by Crippen LogP contribution is 2.30. The Kier molecular flexibility index (Phi) is 6.35. The molecule has 4 rings (SSSR count). The second kappa shape index (κ2) is 9.51. The molecule has 0 aliphatic carbocycles. The van der Waals surface area contributed by atoms with Crippen molar-refractivity contribution in [2.75, 3.05) is 26.3 Å². The van der Waals surface area contributed by atoms with Gasteiger partial charge in [-0.15, -0.1) is 5.10 Å². The number of para-hydroxylation sites is 1. The number of amides is 1. The van der Waals surface area contributed by atoms with Crippen LogP contribution in [0.15, 0.2) is 54.7 Å². The molecule has 1 fully saturated rings. The van der Waals surface area contributed by atoms with E-state index in [0.717, 1.165) is 11.4 Å². The van der Waals surface area contributed by atoms with Gasteiger partial charge in [0, 0.05) is 18.7 Å². The maximum atomic E-state index is 12.9. The van der Waals surface area contributed by atoms with E-state index in [1.807, 2.05) is 50.4 Å². The first kappa shape index (κ1) is 20.7. The summed E-state index contributed by atoms with van der Waals surface area (Å²) in [5.74, 6) is 1.99. The van der Waals surface area contributed by atoms with Gasteiger partial charge in [0.15, 0.2) is 11.5 Å². The number of likely N-dealkylation sites (tertiary alicyclic amines) is 1. The molecular formula is C23H26N4O4. The van der Waals surface area contributed by atoms with E-state index in [1.165, 1.54) is 0 Å². The molecule has 8 heteroatoms. The van der Waals surface area contributed by atoms with Gasteiger partial charge < -0.3 is 19.1 Å². The van der Waals surface area contributed by atoms with Gasteiger partial charge >= 0.3 is 0 Å². The van der Waals surface area contributed by atoms with E-state index in [1.54, 1.807) is 27.8 Å². The standard InChI is InChI=1S/C23H26N4O4/c1-3-29-21-11-10-17(12-22(21)30-4-2)23(28)26-14-19(15-26)27-13-18(24-25-27)16-31-20-8-6-5-7-9-20/h5-13,19H,3-4,14-16H2,1-2H3. The number of nitrogens with zero attached hydrogens (tertiary/aromatic N) is 4. The van der Waals surface area contributed by atoms with E-state index >= 15 is 0 Å². The third-order valence-corrected chi connectivity index (χ3v) is 5.00. The van der Waals surface area contributed by atoms with Gasteiger partial charge in [-0.2, -0.15) is 0 Å². The maximum absolute atomic E-state index is 12.9. The Morgan fingerprint density at radius 2 is 1.74 bits per heavy atom. The molecule has 1 aliphatic heterocycles. The highest BCUT2D eigenvalue weighted by atomic mass is 16.5. The lowest BCUT2D eigenvalue weighted by atomic mass is 10.1. The minimum Gasteiger partial charge on any atom is -0.490 e. The molecule has 0 atom stereocenters. The zero-order valence-corrected chi connectivity index (χ0v) is 17.7. The summed E-state index contributed by atoms with van der Waals surface area (Å²) in [5.41, 5.74) is 1.34. The number of ether oxygens (including phenoxy) is 3. The first-order valence-corrected chi connectivity index (χ1v) is 10.5. The molecule has 0 N–H and O–H groups in total. The van der Waals surface area contributed by atoms with Gasteiger partial charge in [-0.1, -0.05) is 23.4 Å². The van der Waals surface area contributed by atoms with Crippen molar-refractivity contribution in [3.63, 3.8) is 0 Å². The summed E-state index contributed by atoms with van der Waals surface area (Å²) < 4.78 is 18.7. The Morgan fingerprint density at radius 1 is 1.00 bits per heavy atom. The summed E-state index contributed by atoms with van der Waals surface area (Å²) in [7, 11) is 0. The molecule has 1 aromatic heterocycles. The molecular weight excluding hydrogens is 396 g/mol. The zero-order chi connectivity index (χ0) is 21.6. The Morgan fingerprint density at radius 3 is 2.48 bits per heavy atom. The minimum atomic E-state index is -0.0343. The van der Waals surface area contributed by atoms with Crippen LogP contribution < -0.4 is 14.2 Å². The van der Waals surface area contributed by atoms with Crippen LogP contribution in [0, 0.1) is 0 Å². The van der Waals surface area contributed by atoms with Gasteiger partial charge in [0.05, 0.1) is 25.5 Å². The molecule has 1 amide bonds. The van der Waals surface area contributed by atoms with Crippen LogP contribution in [-0.2, 0) is 6.61 Å². The van der Waals surface area contributed by atoms with E-state index in [-0.39, 0.29) is 11.9 Å². The van der Waals surface area contributed by atoms with Gasteiger partial charge in [0.2, 0.25) is 0 Å². The number of hydrogen-bond acceptors (Lipinski definition) is 6. The van der Waals surface area contributed by atoms with Crippen molar-refractivity contribution in [3.8, 4) is 17.2 Å². The first-order valence-electron chi connectivity index (χ1n) is 10.5. The lowest BCUT2D eigenvalue weighted by Gasteiger charge is -2.38. The van der Waals surface area contributed by atoms with Crippen LogP contribution in [0.1, 0.15) is 35.9 Å². The minimum absolute atomic E-state index is 0.0343. The molecule has 31 heavy (non-hydrogen) atoms. The Bertz CT molecular complexity index is 1020. The van der Waals surface area contributed by atoms with Crippen molar-refractivity contribution in [1.82, 2.24) is 19.9 Å². The lowest BCUT2D eigenvalue weighted by molar-refractivity contribution is 0.0498. The van der Waals surface area contributed by atoms with E-state index in [4.69, 9.17) is 14.2 Å². The zero-order valence-electron chi connectivity index (χ0n) is 17.7. The van der Waals surface area contributed by atoms with Crippen molar-refractivity contribution >= 4 is 5.91 Å². The van der Waals surface area contributed by atoms with Crippen molar-refractivity contribution in [2.45, 2.75) is 26.5 Å². The molecule has 0 radical (unpaired) electrons. The molecule has 2 heterocycles. The number of carbonyl (C=O) groups is 1. The third kappa shape index (κ3) is 4.79. The topological polar surface area (TPSA) is 78.7 Å². The first-order chi connectivity index (χ1) is 15.2. The third-order valence-electron chi connectivity index (χ3n) is 5.00. The lowest BCUT2D eigenvalue weighted by Crippen LogP contribution is -2.50. The van der Waals surface area contributed by atoms with Gasteiger partial charge in [0.1, 0.15) is 18.1 Å². The molecule has 1 saturated heterocycles. The summed E-state index contributed by atoms with van der Waals surface area (Å²) in [4.78, 5) is 14.6. The smallest absolute Gasteiger partial charge is 0.254 e. The van der Waals surface area contributed by atoms with Crippen LogP contribution in [0.2, 0.25) is 0 Å². The number of hydrogen-bond donors (Lipinski definition) is 0. The van der Waals surface area contributed by atoms with Gasteiger partial charge in [-0.3, -0.25) is 4.79 Å². The number of aromatic nitrogens is 3.